The van der Waals surface area contributed by atoms with Crippen LogP contribution in [0.3, 0.4) is 0 Å². The third-order valence-electron chi connectivity index (χ3n) is 2.68. The fourth-order valence-corrected chi connectivity index (χ4v) is 2.36. The molecule has 0 amide bonds. The average molecular weight is 200 g/mol. The lowest BCUT2D eigenvalue weighted by Gasteiger charge is -2.34. The van der Waals surface area contributed by atoms with Crippen molar-refractivity contribution in [3.05, 3.63) is 0 Å². The Bertz CT molecular complexity index is 170. The molecule has 1 saturated heterocycles. The fraction of sp³-hybridized carbons (Fsp3) is 0.900. The van der Waals surface area contributed by atoms with Crippen molar-refractivity contribution in [1.82, 2.24) is 4.90 Å². The van der Waals surface area contributed by atoms with E-state index < -0.39 is 0 Å². The van der Waals surface area contributed by atoms with Crippen LogP contribution in [0, 0.1) is 5.41 Å². The third-order valence-corrected chi connectivity index (χ3v) is 3.33. The van der Waals surface area contributed by atoms with Gasteiger partial charge in [0.2, 0.25) is 0 Å². The molecule has 0 aromatic rings. The minimum atomic E-state index is 0.570. The fourth-order valence-electron chi connectivity index (χ4n) is 1.78. The number of nitrogens with zero attached hydrogens (tertiary/aromatic N) is 1. The number of piperidine rings is 1. The highest BCUT2D eigenvalue weighted by molar-refractivity contribution is 7.98. The van der Waals surface area contributed by atoms with Crippen LogP contribution in [-0.2, 0) is 0 Å². The van der Waals surface area contributed by atoms with Crippen LogP contribution < -0.4 is 0 Å². The molecule has 3 heteroatoms. The van der Waals surface area contributed by atoms with Crippen molar-refractivity contribution in [3.8, 4) is 0 Å². The topological polar surface area (TPSA) is 27.1 Å². The van der Waals surface area contributed by atoms with Crippen LogP contribution >= 0.6 is 11.8 Å². The molecule has 1 atom stereocenters. The van der Waals surface area contributed by atoms with Crippen molar-refractivity contribution in [2.75, 3.05) is 18.6 Å². The van der Waals surface area contributed by atoms with E-state index in [0.717, 1.165) is 18.8 Å². The van der Waals surface area contributed by atoms with E-state index in [2.05, 4.69) is 18.1 Å². The van der Waals surface area contributed by atoms with Crippen LogP contribution in [0.5, 0.6) is 0 Å². The first kappa shape index (κ1) is 10.9. The highest BCUT2D eigenvalue weighted by Gasteiger charge is 2.19. The maximum Gasteiger partial charge on any atom is 0.0960 e. The Labute approximate surface area is 85.6 Å². The highest BCUT2D eigenvalue weighted by atomic mass is 32.2. The number of thioether (sulfide) groups is 1. The Balaban J connectivity index is 2.34. The largest absolute Gasteiger partial charge is 0.358 e. The molecule has 1 N–H and O–H groups in total. The van der Waals surface area contributed by atoms with Crippen LogP contribution in [-0.4, -0.2) is 35.3 Å². The predicted molar refractivity (Wildman–Crippen MR) is 60.7 cm³/mol. The summed E-state index contributed by atoms with van der Waals surface area (Å²) in [5, 5.41) is 7.83. The third kappa shape index (κ3) is 3.22. The maximum atomic E-state index is 7.83. The van der Waals surface area contributed by atoms with Crippen molar-refractivity contribution in [2.45, 2.75) is 38.6 Å². The summed E-state index contributed by atoms with van der Waals surface area (Å²) in [6.07, 6.45) is 6.83. The first-order chi connectivity index (χ1) is 6.25. The SMILES string of the molecule is CSCCC(C)N1CCCCC1=N. The van der Waals surface area contributed by atoms with Gasteiger partial charge in [-0.1, -0.05) is 0 Å². The number of amidine groups is 1. The van der Waals surface area contributed by atoms with E-state index in [4.69, 9.17) is 5.41 Å². The van der Waals surface area contributed by atoms with Gasteiger partial charge in [0.1, 0.15) is 0 Å². The van der Waals surface area contributed by atoms with E-state index in [1.165, 1.54) is 25.0 Å². The molecule has 2 nitrogen and oxygen atoms in total. The number of nitrogens with one attached hydrogen (secondary N) is 1. The molecule has 13 heavy (non-hydrogen) atoms. The molecule has 1 heterocycles. The monoisotopic (exact) mass is 200 g/mol. The molecular formula is C10H20N2S. The molecule has 1 aliphatic heterocycles. The molecule has 1 rings (SSSR count). The van der Waals surface area contributed by atoms with Crippen molar-refractivity contribution in [1.29, 1.82) is 5.41 Å². The van der Waals surface area contributed by atoms with E-state index in [-0.39, 0.29) is 0 Å². The second kappa shape index (κ2) is 5.53. The minimum absolute atomic E-state index is 0.570. The molecule has 0 spiro atoms. The average Bonchev–Trinajstić information content (AvgIpc) is 2.15. The Morgan fingerprint density at radius 3 is 2.92 bits per heavy atom. The second-order valence-electron chi connectivity index (χ2n) is 3.73. The van der Waals surface area contributed by atoms with Gasteiger partial charge >= 0.3 is 0 Å². The van der Waals surface area contributed by atoms with Gasteiger partial charge < -0.3 is 4.90 Å². The van der Waals surface area contributed by atoms with Crippen LogP contribution in [0.1, 0.15) is 32.6 Å². The lowest BCUT2D eigenvalue weighted by atomic mass is 10.1. The molecule has 0 aromatic heterocycles. The summed E-state index contributed by atoms with van der Waals surface area (Å²) in [5.41, 5.74) is 0. The highest BCUT2D eigenvalue weighted by Crippen LogP contribution is 2.16. The number of hydrogen-bond acceptors (Lipinski definition) is 2. The normalized spacial score (nSPS) is 20.5. The van der Waals surface area contributed by atoms with E-state index in [1.807, 2.05) is 11.8 Å². The Morgan fingerprint density at radius 1 is 1.54 bits per heavy atom. The van der Waals surface area contributed by atoms with Gasteiger partial charge in [0, 0.05) is 19.0 Å². The standard InChI is InChI=1S/C10H20N2S/c1-9(6-8-13-2)12-7-4-3-5-10(12)11/h9,11H,3-8H2,1-2H3. The van der Waals surface area contributed by atoms with E-state index in [0.29, 0.717) is 6.04 Å². The molecule has 1 fully saturated rings. The maximum absolute atomic E-state index is 7.83. The Kier molecular flexibility index (Phi) is 4.64. The van der Waals surface area contributed by atoms with Crippen LogP contribution in [0.4, 0.5) is 0 Å². The molecule has 0 saturated carbocycles. The second-order valence-corrected chi connectivity index (χ2v) is 4.71. The van der Waals surface area contributed by atoms with Gasteiger partial charge in [0.25, 0.3) is 0 Å². The van der Waals surface area contributed by atoms with Crippen LogP contribution in [0.2, 0.25) is 0 Å². The Morgan fingerprint density at radius 2 is 2.31 bits per heavy atom. The molecule has 0 bridgehead atoms. The van der Waals surface area contributed by atoms with E-state index in [9.17, 15) is 0 Å². The summed E-state index contributed by atoms with van der Waals surface area (Å²) in [5.74, 6) is 2.07. The molecule has 0 aliphatic carbocycles. The van der Waals surface area contributed by atoms with Crippen molar-refractivity contribution >= 4 is 17.6 Å². The van der Waals surface area contributed by atoms with E-state index in [1.54, 1.807) is 0 Å². The van der Waals surface area contributed by atoms with Gasteiger partial charge in [-0.15, -0.1) is 0 Å². The summed E-state index contributed by atoms with van der Waals surface area (Å²) >= 11 is 1.90. The van der Waals surface area contributed by atoms with Gasteiger partial charge in [0.15, 0.2) is 0 Å². The van der Waals surface area contributed by atoms with Gasteiger partial charge in [-0.25, -0.2) is 0 Å². The van der Waals surface area contributed by atoms with Crippen LogP contribution in [0.15, 0.2) is 0 Å². The van der Waals surface area contributed by atoms with Gasteiger partial charge in [-0.2, -0.15) is 11.8 Å². The molecular weight excluding hydrogens is 180 g/mol. The zero-order chi connectivity index (χ0) is 9.68. The zero-order valence-corrected chi connectivity index (χ0v) is 9.49. The van der Waals surface area contributed by atoms with Gasteiger partial charge in [-0.05, 0) is 38.2 Å². The Hall–Kier alpha value is -0.180. The molecule has 76 valence electrons. The molecule has 0 aromatic carbocycles. The summed E-state index contributed by atoms with van der Waals surface area (Å²) in [6.45, 7) is 3.35. The minimum Gasteiger partial charge on any atom is -0.358 e. The first-order valence-corrected chi connectivity index (χ1v) is 6.48. The van der Waals surface area contributed by atoms with Crippen molar-refractivity contribution in [3.63, 3.8) is 0 Å². The lowest BCUT2D eigenvalue weighted by molar-refractivity contribution is 0.290. The van der Waals surface area contributed by atoms with E-state index >= 15 is 0 Å². The lowest BCUT2D eigenvalue weighted by Crippen LogP contribution is -2.41. The van der Waals surface area contributed by atoms with Gasteiger partial charge in [-0.3, -0.25) is 5.41 Å². The van der Waals surface area contributed by atoms with Gasteiger partial charge in [0.05, 0.1) is 5.84 Å². The summed E-state index contributed by atoms with van der Waals surface area (Å²) in [7, 11) is 0. The molecule has 1 aliphatic rings. The number of rotatable bonds is 4. The molecule has 1 unspecified atom stereocenters. The van der Waals surface area contributed by atoms with Crippen LogP contribution in [0.25, 0.3) is 0 Å². The predicted octanol–water partition coefficient (Wildman–Crippen LogP) is 2.59. The number of hydrogen-bond donors (Lipinski definition) is 1. The summed E-state index contributed by atoms with van der Waals surface area (Å²) in [4.78, 5) is 2.28. The smallest absolute Gasteiger partial charge is 0.0960 e. The molecule has 0 radical (unpaired) electrons. The van der Waals surface area contributed by atoms with Crippen molar-refractivity contribution < 1.29 is 0 Å². The quantitative estimate of drug-likeness (QED) is 0.755. The first-order valence-electron chi connectivity index (χ1n) is 5.08. The van der Waals surface area contributed by atoms with Crippen molar-refractivity contribution in [2.24, 2.45) is 0 Å². The summed E-state index contributed by atoms with van der Waals surface area (Å²) in [6, 6.07) is 0.570. The zero-order valence-electron chi connectivity index (χ0n) is 8.68. The summed E-state index contributed by atoms with van der Waals surface area (Å²) < 4.78 is 0. The number of likely N-dealkylation sites (tertiary alicyclic amines) is 1.